The number of carbonyl (C=O) groups excluding carboxylic acids is 2. The minimum absolute atomic E-state index is 0.0306. The van der Waals surface area contributed by atoms with Gasteiger partial charge in [0.05, 0.1) is 12.8 Å². The number of ether oxygens (including phenoxy) is 1. The van der Waals surface area contributed by atoms with Gasteiger partial charge in [0.25, 0.3) is 0 Å². The lowest BCUT2D eigenvalue weighted by Crippen LogP contribution is -2.19. The highest BCUT2D eigenvalue weighted by Crippen LogP contribution is 2.35. The first-order valence-corrected chi connectivity index (χ1v) is 11.6. The van der Waals surface area contributed by atoms with Crippen molar-refractivity contribution in [3.05, 3.63) is 70.4 Å². The molecule has 1 heterocycles. The number of allylic oxidation sites excluding steroid dienone is 1. The summed E-state index contributed by atoms with van der Waals surface area (Å²) in [5, 5.41) is 1.02. The van der Waals surface area contributed by atoms with E-state index >= 15 is 0 Å². The molecule has 170 valence electrons. The number of Topliss-reactive ketones (excluding diaryl/α,β-unsaturated/α-hetero) is 1. The maximum absolute atomic E-state index is 13.2. The van der Waals surface area contributed by atoms with Crippen LogP contribution < -0.4 is 4.74 Å². The zero-order valence-electron chi connectivity index (χ0n) is 19.8. The Hall–Kier alpha value is -3.47. The van der Waals surface area contributed by atoms with E-state index in [1.54, 1.807) is 38.4 Å². The van der Waals surface area contributed by atoms with E-state index < -0.39 is 0 Å². The van der Waals surface area contributed by atoms with Gasteiger partial charge >= 0.3 is 0 Å². The van der Waals surface area contributed by atoms with Crippen LogP contribution in [0.1, 0.15) is 60.3 Å². The average Bonchev–Trinajstić information content (AvgIpc) is 3.18. The molecule has 0 fully saturated rings. The van der Waals surface area contributed by atoms with E-state index in [0.717, 1.165) is 47.2 Å². The van der Waals surface area contributed by atoms with Crippen LogP contribution in [0.15, 0.2) is 53.0 Å². The zero-order chi connectivity index (χ0) is 23.5. The van der Waals surface area contributed by atoms with E-state index in [4.69, 9.17) is 4.74 Å². The summed E-state index contributed by atoms with van der Waals surface area (Å²) < 4.78 is 7.50. The van der Waals surface area contributed by atoms with E-state index in [1.807, 2.05) is 24.3 Å². The van der Waals surface area contributed by atoms with Crippen molar-refractivity contribution < 1.29 is 14.3 Å². The van der Waals surface area contributed by atoms with E-state index in [2.05, 4.69) is 23.4 Å². The monoisotopic (exact) mass is 442 g/mol. The molecule has 1 aliphatic carbocycles. The minimum Gasteiger partial charge on any atom is -0.497 e. The fourth-order valence-corrected chi connectivity index (χ4v) is 4.70. The number of rotatable bonds is 8. The third-order valence-corrected chi connectivity index (χ3v) is 6.41. The quantitative estimate of drug-likeness (QED) is 0.334. The van der Waals surface area contributed by atoms with E-state index in [1.165, 1.54) is 5.69 Å². The Kier molecular flexibility index (Phi) is 6.59. The van der Waals surface area contributed by atoms with Gasteiger partial charge in [0.2, 0.25) is 5.78 Å². The van der Waals surface area contributed by atoms with Crippen molar-refractivity contribution in [3.63, 3.8) is 0 Å². The number of aryl methyl sites for hydroxylation is 1. The summed E-state index contributed by atoms with van der Waals surface area (Å²) in [5.74, 6) is 0.737. The minimum atomic E-state index is -0.0306. The molecule has 0 saturated carbocycles. The second kappa shape index (κ2) is 9.57. The van der Waals surface area contributed by atoms with Crippen molar-refractivity contribution in [2.24, 2.45) is 4.99 Å². The Morgan fingerprint density at radius 1 is 1.03 bits per heavy atom. The maximum atomic E-state index is 13.2. The van der Waals surface area contributed by atoms with Gasteiger partial charge in [-0.05, 0) is 74.7 Å². The molecule has 0 unspecified atom stereocenters. The van der Waals surface area contributed by atoms with Crippen LogP contribution >= 0.6 is 0 Å². The number of nitrogens with zero attached hydrogens (tertiary/aromatic N) is 2. The third-order valence-electron chi connectivity index (χ3n) is 6.41. The number of aliphatic imine (C=N–C) groups is 1. The SMILES string of the molecule is CCCC(=NC)C(=O)C1=Cc2c(n(CC)c3ccc(C(=O)c4ccc(OC)cc4)cc23)CC1. The molecule has 0 N–H and O–H groups in total. The highest BCUT2D eigenvalue weighted by molar-refractivity contribution is 6.46. The molecule has 1 aliphatic rings. The molecule has 2 aromatic carbocycles. The van der Waals surface area contributed by atoms with Gasteiger partial charge in [0, 0.05) is 52.5 Å². The molecule has 5 nitrogen and oxygen atoms in total. The largest absolute Gasteiger partial charge is 0.497 e. The normalized spacial score (nSPS) is 13.6. The van der Waals surface area contributed by atoms with Crippen LogP contribution in [0.25, 0.3) is 17.0 Å². The number of benzene rings is 2. The summed E-state index contributed by atoms with van der Waals surface area (Å²) in [6.45, 7) is 5.03. The summed E-state index contributed by atoms with van der Waals surface area (Å²) in [5.41, 5.74) is 6.07. The molecule has 0 saturated heterocycles. The second-order valence-corrected chi connectivity index (χ2v) is 8.31. The number of hydrogen-bond donors (Lipinski definition) is 0. The Labute approximate surface area is 194 Å². The van der Waals surface area contributed by atoms with E-state index in [0.29, 0.717) is 29.7 Å². The predicted octanol–water partition coefficient (Wildman–Crippen LogP) is 5.67. The van der Waals surface area contributed by atoms with Crippen molar-refractivity contribution in [2.75, 3.05) is 14.2 Å². The van der Waals surface area contributed by atoms with Gasteiger partial charge in [0.1, 0.15) is 5.75 Å². The number of aromatic nitrogens is 1. The molecule has 0 radical (unpaired) electrons. The predicted molar refractivity (Wildman–Crippen MR) is 134 cm³/mol. The standard InChI is InChI=1S/C28H30N2O3/c1-5-7-24(29-3)28(32)20-11-15-26-23(17-20)22-16-19(10-14-25(22)30(26)6-2)27(31)18-8-12-21(33-4)13-9-18/h8-10,12-14,16-17H,5-7,11,15H2,1-4H3. The summed E-state index contributed by atoms with van der Waals surface area (Å²) in [4.78, 5) is 30.5. The van der Waals surface area contributed by atoms with Gasteiger partial charge < -0.3 is 9.30 Å². The average molecular weight is 443 g/mol. The molecular formula is C28H30N2O3. The van der Waals surface area contributed by atoms with E-state index in [9.17, 15) is 9.59 Å². The van der Waals surface area contributed by atoms with Crippen LogP contribution in [0, 0.1) is 0 Å². The molecule has 5 heteroatoms. The van der Waals surface area contributed by atoms with E-state index in [-0.39, 0.29) is 11.6 Å². The summed E-state index contributed by atoms with van der Waals surface area (Å²) >= 11 is 0. The smallest absolute Gasteiger partial charge is 0.202 e. The van der Waals surface area contributed by atoms with Crippen molar-refractivity contribution in [2.45, 2.75) is 46.1 Å². The number of carbonyl (C=O) groups is 2. The number of fused-ring (bicyclic) bond motifs is 3. The zero-order valence-corrected chi connectivity index (χ0v) is 19.8. The maximum Gasteiger partial charge on any atom is 0.202 e. The fourth-order valence-electron chi connectivity index (χ4n) is 4.70. The molecule has 0 aliphatic heterocycles. The lowest BCUT2D eigenvalue weighted by Gasteiger charge is -2.16. The summed E-state index contributed by atoms with van der Waals surface area (Å²) in [7, 11) is 3.30. The lowest BCUT2D eigenvalue weighted by molar-refractivity contribution is -0.110. The number of ketones is 2. The molecule has 4 rings (SSSR count). The van der Waals surface area contributed by atoms with Crippen molar-refractivity contribution in [3.8, 4) is 5.75 Å². The van der Waals surface area contributed by atoms with Gasteiger partial charge in [-0.2, -0.15) is 0 Å². The van der Waals surface area contributed by atoms with Crippen LogP contribution in [-0.2, 0) is 17.8 Å². The Bertz CT molecular complexity index is 1280. The molecule has 0 amide bonds. The fraction of sp³-hybridized carbons (Fsp3) is 0.321. The van der Waals surface area contributed by atoms with Crippen molar-refractivity contribution in [1.82, 2.24) is 4.57 Å². The van der Waals surface area contributed by atoms with Gasteiger partial charge in [-0.1, -0.05) is 13.3 Å². The van der Waals surface area contributed by atoms with Crippen molar-refractivity contribution >= 4 is 34.3 Å². The third kappa shape index (κ3) is 4.15. The molecule has 0 bridgehead atoms. The van der Waals surface area contributed by atoms with Gasteiger partial charge in [-0.15, -0.1) is 0 Å². The van der Waals surface area contributed by atoms with Crippen LogP contribution in [0.3, 0.4) is 0 Å². The topological polar surface area (TPSA) is 60.7 Å². The van der Waals surface area contributed by atoms with Crippen LogP contribution in [0.4, 0.5) is 0 Å². The number of hydrogen-bond acceptors (Lipinski definition) is 4. The first kappa shape index (κ1) is 22.7. The Morgan fingerprint density at radius 2 is 1.76 bits per heavy atom. The highest BCUT2D eigenvalue weighted by Gasteiger charge is 2.25. The number of methoxy groups -OCH3 is 1. The molecule has 3 aromatic rings. The van der Waals surface area contributed by atoms with Gasteiger partial charge in [-0.25, -0.2) is 0 Å². The summed E-state index contributed by atoms with van der Waals surface area (Å²) in [6, 6.07) is 13.1. The molecule has 33 heavy (non-hydrogen) atoms. The second-order valence-electron chi connectivity index (χ2n) is 8.31. The molecule has 0 spiro atoms. The molecule has 1 aromatic heterocycles. The van der Waals surface area contributed by atoms with Crippen molar-refractivity contribution in [1.29, 1.82) is 0 Å². The van der Waals surface area contributed by atoms with Crippen LogP contribution in [0.5, 0.6) is 5.75 Å². The van der Waals surface area contributed by atoms with Crippen LogP contribution in [0.2, 0.25) is 0 Å². The first-order chi connectivity index (χ1) is 16.0. The van der Waals surface area contributed by atoms with Gasteiger partial charge in [-0.3, -0.25) is 14.6 Å². The van der Waals surface area contributed by atoms with Gasteiger partial charge in [0.15, 0.2) is 5.78 Å². The Morgan fingerprint density at radius 3 is 2.39 bits per heavy atom. The van der Waals surface area contributed by atoms with Crippen LogP contribution in [-0.4, -0.2) is 36.0 Å². The Balaban J connectivity index is 1.79. The summed E-state index contributed by atoms with van der Waals surface area (Å²) in [6.07, 6.45) is 5.13. The lowest BCUT2D eigenvalue weighted by atomic mass is 9.90. The highest BCUT2D eigenvalue weighted by atomic mass is 16.5. The molecule has 0 atom stereocenters. The molecular weight excluding hydrogens is 412 g/mol. The first-order valence-electron chi connectivity index (χ1n) is 11.6.